The summed E-state index contributed by atoms with van der Waals surface area (Å²) in [6.45, 7) is 1.52. The van der Waals surface area contributed by atoms with E-state index in [0.717, 1.165) is 19.3 Å². The summed E-state index contributed by atoms with van der Waals surface area (Å²) in [6, 6.07) is 13.9. The number of carbonyl (C=O) groups excluding carboxylic acids is 2. The highest BCUT2D eigenvalue weighted by Crippen LogP contribution is 2.21. The third kappa shape index (κ3) is 4.25. The van der Waals surface area contributed by atoms with Crippen LogP contribution in [0.25, 0.3) is 0 Å². The van der Waals surface area contributed by atoms with E-state index in [0.29, 0.717) is 24.8 Å². The van der Waals surface area contributed by atoms with Crippen LogP contribution < -0.4 is 5.32 Å². The SMILES string of the molecule is O=C(NCc1ccco1)C(=O)N1CCC(Cc2ccccc2)CC1. The van der Waals surface area contributed by atoms with E-state index < -0.39 is 11.8 Å². The number of likely N-dealkylation sites (tertiary alicyclic amines) is 1. The summed E-state index contributed by atoms with van der Waals surface area (Å²) in [5.41, 5.74) is 1.33. The zero-order valence-corrected chi connectivity index (χ0v) is 13.6. The van der Waals surface area contributed by atoms with Gasteiger partial charge >= 0.3 is 11.8 Å². The smallest absolute Gasteiger partial charge is 0.311 e. The minimum absolute atomic E-state index is 0.238. The molecule has 24 heavy (non-hydrogen) atoms. The quantitative estimate of drug-likeness (QED) is 0.878. The molecular formula is C19H22N2O3. The Balaban J connectivity index is 1.43. The molecule has 0 atom stereocenters. The van der Waals surface area contributed by atoms with Crippen LogP contribution in [0.3, 0.4) is 0 Å². The van der Waals surface area contributed by atoms with Crippen molar-refractivity contribution in [2.24, 2.45) is 5.92 Å². The molecule has 2 amide bonds. The van der Waals surface area contributed by atoms with Gasteiger partial charge in [-0.15, -0.1) is 0 Å². The molecule has 2 aromatic rings. The molecule has 126 valence electrons. The first-order valence-electron chi connectivity index (χ1n) is 8.36. The van der Waals surface area contributed by atoms with Gasteiger partial charge in [0.15, 0.2) is 0 Å². The maximum Gasteiger partial charge on any atom is 0.311 e. The first-order chi connectivity index (χ1) is 11.7. The van der Waals surface area contributed by atoms with Crippen molar-refractivity contribution in [3.05, 3.63) is 60.1 Å². The molecule has 5 heteroatoms. The summed E-state index contributed by atoms with van der Waals surface area (Å²) in [5.74, 6) is 0.202. The molecule has 1 saturated heterocycles. The van der Waals surface area contributed by atoms with Gasteiger partial charge in [-0.3, -0.25) is 9.59 Å². The maximum atomic E-state index is 12.2. The van der Waals surface area contributed by atoms with Gasteiger partial charge in [0.1, 0.15) is 5.76 Å². The van der Waals surface area contributed by atoms with Crippen LogP contribution in [-0.4, -0.2) is 29.8 Å². The van der Waals surface area contributed by atoms with Crippen molar-refractivity contribution in [2.75, 3.05) is 13.1 Å². The summed E-state index contributed by atoms with van der Waals surface area (Å²) in [5, 5.41) is 2.61. The number of furan rings is 1. The number of amides is 2. The molecular weight excluding hydrogens is 304 g/mol. The van der Waals surface area contributed by atoms with Gasteiger partial charge in [0, 0.05) is 13.1 Å². The van der Waals surface area contributed by atoms with Crippen molar-refractivity contribution in [3.8, 4) is 0 Å². The Bertz CT molecular complexity index is 659. The molecule has 1 aromatic heterocycles. The molecule has 0 unspecified atom stereocenters. The van der Waals surface area contributed by atoms with E-state index in [1.165, 1.54) is 5.56 Å². The number of nitrogens with zero attached hydrogens (tertiary/aromatic N) is 1. The van der Waals surface area contributed by atoms with Gasteiger partial charge in [0.2, 0.25) is 0 Å². The van der Waals surface area contributed by atoms with E-state index in [2.05, 4.69) is 29.6 Å². The third-order valence-corrected chi connectivity index (χ3v) is 4.47. The lowest BCUT2D eigenvalue weighted by atomic mass is 9.90. The second kappa shape index (κ2) is 7.81. The minimum atomic E-state index is -0.562. The number of hydrogen-bond donors (Lipinski definition) is 1. The Hall–Kier alpha value is -2.56. The Kier molecular flexibility index (Phi) is 5.31. The number of nitrogens with one attached hydrogen (secondary N) is 1. The third-order valence-electron chi connectivity index (χ3n) is 4.47. The largest absolute Gasteiger partial charge is 0.467 e. The average molecular weight is 326 g/mol. The fourth-order valence-electron chi connectivity index (χ4n) is 3.09. The monoisotopic (exact) mass is 326 g/mol. The van der Waals surface area contributed by atoms with Crippen molar-refractivity contribution in [3.63, 3.8) is 0 Å². The van der Waals surface area contributed by atoms with Gasteiger partial charge in [0.25, 0.3) is 0 Å². The molecule has 0 bridgehead atoms. The van der Waals surface area contributed by atoms with E-state index >= 15 is 0 Å². The fourth-order valence-corrected chi connectivity index (χ4v) is 3.09. The highest BCUT2D eigenvalue weighted by molar-refractivity contribution is 6.34. The summed E-state index contributed by atoms with van der Waals surface area (Å²) < 4.78 is 5.14. The Morgan fingerprint density at radius 2 is 1.83 bits per heavy atom. The lowest BCUT2D eigenvalue weighted by molar-refractivity contribution is -0.146. The van der Waals surface area contributed by atoms with E-state index in [-0.39, 0.29) is 6.54 Å². The molecule has 1 aliphatic heterocycles. The van der Waals surface area contributed by atoms with Crippen molar-refractivity contribution in [1.29, 1.82) is 0 Å². The number of benzene rings is 1. The van der Waals surface area contributed by atoms with Gasteiger partial charge < -0.3 is 14.6 Å². The number of piperidine rings is 1. The van der Waals surface area contributed by atoms with E-state index in [4.69, 9.17) is 4.42 Å². The normalized spacial score (nSPS) is 15.2. The maximum absolute atomic E-state index is 12.2. The second-order valence-corrected chi connectivity index (χ2v) is 6.19. The van der Waals surface area contributed by atoms with Crippen LogP contribution >= 0.6 is 0 Å². The molecule has 1 N–H and O–H groups in total. The first-order valence-corrected chi connectivity index (χ1v) is 8.36. The standard InChI is InChI=1S/C19H22N2O3/c22-18(20-14-17-7-4-12-24-17)19(23)21-10-8-16(9-11-21)13-15-5-2-1-3-6-15/h1-7,12,16H,8-11,13-14H2,(H,20,22). The fraction of sp³-hybridized carbons (Fsp3) is 0.368. The topological polar surface area (TPSA) is 62.6 Å². The minimum Gasteiger partial charge on any atom is -0.467 e. The average Bonchev–Trinajstić information content (AvgIpc) is 3.14. The summed E-state index contributed by atoms with van der Waals surface area (Å²) in [7, 11) is 0. The van der Waals surface area contributed by atoms with Crippen molar-refractivity contribution >= 4 is 11.8 Å². The van der Waals surface area contributed by atoms with Gasteiger partial charge in [-0.25, -0.2) is 0 Å². The second-order valence-electron chi connectivity index (χ2n) is 6.19. The molecule has 0 spiro atoms. The number of carbonyl (C=O) groups is 2. The van der Waals surface area contributed by atoms with Crippen molar-refractivity contribution in [1.82, 2.24) is 10.2 Å². The zero-order chi connectivity index (χ0) is 16.8. The highest BCUT2D eigenvalue weighted by Gasteiger charge is 2.27. The van der Waals surface area contributed by atoms with Gasteiger partial charge in [0.05, 0.1) is 12.8 Å². The number of rotatable bonds is 4. The molecule has 0 aliphatic carbocycles. The van der Waals surface area contributed by atoms with Crippen molar-refractivity contribution < 1.29 is 14.0 Å². The molecule has 5 nitrogen and oxygen atoms in total. The Morgan fingerprint density at radius 1 is 1.08 bits per heavy atom. The van der Waals surface area contributed by atoms with E-state index in [1.54, 1.807) is 23.3 Å². The summed E-state index contributed by atoms with van der Waals surface area (Å²) in [4.78, 5) is 25.8. The molecule has 1 fully saturated rings. The number of hydrogen-bond acceptors (Lipinski definition) is 3. The summed E-state index contributed by atoms with van der Waals surface area (Å²) >= 11 is 0. The van der Waals surface area contributed by atoms with Crippen molar-refractivity contribution in [2.45, 2.75) is 25.8 Å². The Morgan fingerprint density at radius 3 is 2.50 bits per heavy atom. The van der Waals surface area contributed by atoms with Gasteiger partial charge in [-0.1, -0.05) is 30.3 Å². The van der Waals surface area contributed by atoms with Crippen LogP contribution in [-0.2, 0) is 22.6 Å². The van der Waals surface area contributed by atoms with Crippen LogP contribution in [0.2, 0.25) is 0 Å². The lowest BCUT2D eigenvalue weighted by Crippen LogP contribution is -2.46. The first kappa shape index (κ1) is 16.3. The lowest BCUT2D eigenvalue weighted by Gasteiger charge is -2.31. The zero-order valence-electron chi connectivity index (χ0n) is 13.6. The van der Waals surface area contributed by atoms with Crippen LogP contribution in [0, 0.1) is 5.92 Å². The van der Waals surface area contributed by atoms with Crippen LogP contribution in [0.1, 0.15) is 24.2 Å². The van der Waals surface area contributed by atoms with Crippen LogP contribution in [0.4, 0.5) is 0 Å². The van der Waals surface area contributed by atoms with Gasteiger partial charge in [-0.05, 0) is 42.9 Å². The van der Waals surface area contributed by atoms with Gasteiger partial charge in [-0.2, -0.15) is 0 Å². The molecule has 1 aliphatic rings. The van der Waals surface area contributed by atoms with Crippen LogP contribution in [0.5, 0.6) is 0 Å². The predicted octanol–water partition coefficient (Wildman–Crippen LogP) is 2.38. The summed E-state index contributed by atoms with van der Waals surface area (Å²) in [6.07, 6.45) is 4.45. The van der Waals surface area contributed by atoms with E-state index in [1.807, 2.05) is 6.07 Å². The molecule has 2 heterocycles. The molecule has 0 radical (unpaired) electrons. The van der Waals surface area contributed by atoms with E-state index in [9.17, 15) is 9.59 Å². The van der Waals surface area contributed by atoms with Crippen LogP contribution in [0.15, 0.2) is 53.1 Å². The molecule has 3 rings (SSSR count). The molecule has 0 saturated carbocycles. The Labute approximate surface area is 141 Å². The molecule has 1 aromatic carbocycles. The highest BCUT2D eigenvalue weighted by atomic mass is 16.3. The predicted molar refractivity (Wildman–Crippen MR) is 90.0 cm³/mol.